The van der Waals surface area contributed by atoms with Crippen LogP contribution in [-0.2, 0) is 0 Å². The van der Waals surface area contributed by atoms with Crippen molar-refractivity contribution in [3.05, 3.63) is 70.9 Å². The first kappa shape index (κ1) is 16.7. The molecule has 1 aliphatic rings. The topological polar surface area (TPSA) is 45.3 Å². The number of halogens is 1. The zero-order valence-corrected chi connectivity index (χ0v) is 15.2. The van der Waals surface area contributed by atoms with Crippen LogP contribution in [0.1, 0.15) is 22.3 Å². The van der Waals surface area contributed by atoms with Crippen LogP contribution in [-0.4, -0.2) is 36.0 Å². The van der Waals surface area contributed by atoms with E-state index in [9.17, 15) is 4.79 Å². The number of hydrogen-bond donors (Lipinski definition) is 1. The van der Waals surface area contributed by atoms with Crippen molar-refractivity contribution in [3.63, 3.8) is 0 Å². The Morgan fingerprint density at radius 2 is 2.00 bits per heavy atom. The Morgan fingerprint density at radius 3 is 2.69 bits per heavy atom. The molecule has 1 aromatic heterocycles. The highest BCUT2D eigenvalue weighted by molar-refractivity contribution is 6.31. The van der Waals surface area contributed by atoms with Gasteiger partial charge in [0.15, 0.2) is 0 Å². The zero-order chi connectivity index (χ0) is 18.1. The van der Waals surface area contributed by atoms with E-state index in [0.717, 1.165) is 28.1 Å². The molecule has 1 N–H and O–H groups in total. The minimum absolute atomic E-state index is 0.0462. The molecule has 3 aromatic rings. The number of amides is 1. The van der Waals surface area contributed by atoms with E-state index in [4.69, 9.17) is 16.3 Å². The van der Waals surface area contributed by atoms with E-state index >= 15 is 0 Å². The van der Waals surface area contributed by atoms with E-state index in [0.29, 0.717) is 18.7 Å². The maximum atomic E-state index is 12.7. The molecule has 4 nitrogen and oxygen atoms in total. The van der Waals surface area contributed by atoms with E-state index in [2.05, 4.69) is 11.1 Å². The summed E-state index contributed by atoms with van der Waals surface area (Å²) in [5.41, 5.74) is 4.17. The van der Waals surface area contributed by atoms with Crippen LogP contribution in [0.5, 0.6) is 5.75 Å². The lowest BCUT2D eigenvalue weighted by Gasteiger charge is -2.26. The van der Waals surface area contributed by atoms with Crippen molar-refractivity contribution in [1.82, 2.24) is 9.88 Å². The number of rotatable bonds is 3. The molecule has 4 rings (SSSR count). The number of carbonyl (C=O) groups is 1. The summed E-state index contributed by atoms with van der Waals surface area (Å²) in [4.78, 5) is 17.8. The molecular weight excluding hydrogens is 348 g/mol. The van der Waals surface area contributed by atoms with Crippen LogP contribution in [0.2, 0.25) is 5.02 Å². The molecule has 5 heteroatoms. The molecule has 0 bridgehead atoms. The average Bonchev–Trinajstić information content (AvgIpc) is 3.10. The van der Waals surface area contributed by atoms with Gasteiger partial charge in [0.25, 0.3) is 5.91 Å². The Bertz CT molecular complexity index is 989. The monoisotopic (exact) mass is 366 g/mol. The van der Waals surface area contributed by atoms with Gasteiger partial charge in [0.1, 0.15) is 5.75 Å². The van der Waals surface area contributed by atoms with Gasteiger partial charge < -0.3 is 14.6 Å². The molecule has 2 heterocycles. The first-order valence-electron chi connectivity index (χ1n) is 8.55. The third kappa shape index (κ3) is 3.08. The Labute approximate surface area is 157 Å². The number of ether oxygens (including phenoxy) is 1. The maximum absolute atomic E-state index is 12.7. The summed E-state index contributed by atoms with van der Waals surface area (Å²) in [7, 11) is 1.62. The van der Waals surface area contributed by atoms with Gasteiger partial charge in [-0.1, -0.05) is 17.7 Å². The number of hydrogen-bond acceptors (Lipinski definition) is 2. The quantitative estimate of drug-likeness (QED) is 0.726. The van der Waals surface area contributed by atoms with Crippen LogP contribution in [0, 0.1) is 0 Å². The zero-order valence-electron chi connectivity index (χ0n) is 14.5. The van der Waals surface area contributed by atoms with Crippen LogP contribution < -0.4 is 4.74 Å². The summed E-state index contributed by atoms with van der Waals surface area (Å²) >= 11 is 6.15. The van der Waals surface area contributed by atoms with Crippen LogP contribution in [0.25, 0.3) is 16.5 Å². The van der Waals surface area contributed by atoms with Crippen molar-refractivity contribution in [2.75, 3.05) is 20.2 Å². The minimum atomic E-state index is 0.0462. The fourth-order valence-electron chi connectivity index (χ4n) is 3.37. The Morgan fingerprint density at radius 1 is 1.19 bits per heavy atom. The summed E-state index contributed by atoms with van der Waals surface area (Å²) in [6, 6.07) is 13.1. The number of aromatic nitrogens is 1. The second-order valence-corrected chi connectivity index (χ2v) is 6.79. The van der Waals surface area contributed by atoms with Crippen molar-refractivity contribution >= 4 is 34.0 Å². The van der Waals surface area contributed by atoms with Gasteiger partial charge in [0.05, 0.1) is 7.11 Å². The Balaban J connectivity index is 1.53. The molecule has 0 aliphatic carbocycles. The van der Waals surface area contributed by atoms with Crippen molar-refractivity contribution in [2.45, 2.75) is 6.42 Å². The summed E-state index contributed by atoms with van der Waals surface area (Å²) in [5.74, 6) is 0.797. The fraction of sp³-hybridized carbons (Fsp3) is 0.190. The molecule has 132 valence electrons. The van der Waals surface area contributed by atoms with Crippen molar-refractivity contribution < 1.29 is 9.53 Å². The second-order valence-electron chi connectivity index (χ2n) is 6.35. The number of fused-ring (bicyclic) bond motifs is 1. The van der Waals surface area contributed by atoms with Gasteiger partial charge in [0, 0.05) is 46.3 Å². The molecule has 0 saturated heterocycles. The van der Waals surface area contributed by atoms with Crippen molar-refractivity contribution in [1.29, 1.82) is 0 Å². The number of nitrogens with zero attached hydrogens (tertiary/aromatic N) is 1. The van der Waals surface area contributed by atoms with Gasteiger partial charge in [-0.05, 0) is 54.5 Å². The number of nitrogens with one attached hydrogen (secondary N) is 1. The first-order valence-corrected chi connectivity index (χ1v) is 8.93. The molecule has 0 radical (unpaired) electrons. The number of H-pyrrole nitrogens is 1. The predicted molar refractivity (Wildman–Crippen MR) is 105 cm³/mol. The number of carbonyl (C=O) groups excluding carboxylic acids is 1. The van der Waals surface area contributed by atoms with Crippen LogP contribution in [0.3, 0.4) is 0 Å². The molecular formula is C21H19ClN2O2. The van der Waals surface area contributed by atoms with Gasteiger partial charge in [-0.25, -0.2) is 0 Å². The molecule has 0 atom stereocenters. The minimum Gasteiger partial charge on any atom is -0.497 e. The Hall–Kier alpha value is -2.72. The largest absolute Gasteiger partial charge is 0.497 e. The van der Waals surface area contributed by atoms with E-state index in [1.165, 1.54) is 11.1 Å². The lowest BCUT2D eigenvalue weighted by molar-refractivity contribution is 0.0773. The number of aromatic amines is 1. The number of methoxy groups -OCH3 is 1. The summed E-state index contributed by atoms with van der Waals surface area (Å²) in [6.45, 7) is 1.30. The third-order valence-electron chi connectivity index (χ3n) is 4.82. The molecule has 0 unspecified atom stereocenters. The van der Waals surface area contributed by atoms with Gasteiger partial charge in [-0.3, -0.25) is 4.79 Å². The maximum Gasteiger partial charge on any atom is 0.254 e. The highest BCUT2D eigenvalue weighted by Crippen LogP contribution is 2.31. The molecule has 0 spiro atoms. The second kappa shape index (κ2) is 6.89. The van der Waals surface area contributed by atoms with Crippen LogP contribution in [0.15, 0.2) is 54.7 Å². The van der Waals surface area contributed by atoms with E-state index < -0.39 is 0 Å². The summed E-state index contributed by atoms with van der Waals surface area (Å²) < 4.78 is 5.15. The highest BCUT2D eigenvalue weighted by Gasteiger charge is 2.20. The predicted octanol–water partition coefficient (Wildman–Crippen LogP) is 4.76. The van der Waals surface area contributed by atoms with E-state index in [-0.39, 0.29) is 5.91 Å². The van der Waals surface area contributed by atoms with Crippen LogP contribution >= 0.6 is 11.6 Å². The molecule has 1 aliphatic heterocycles. The standard InChI is InChI=1S/C21H19ClN2O2/c1-26-17-5-2-15(3-6-17)21(25)24-10-8-14(9-11-24)19-13-23-20-7-4-16(22)12-18(19)20/h2-8,12-13,23H,9-11H2,1H3. The average molecular weight is 367 g/mol. The van der Waals surface area contributed by atoms with E-state index in [1.807, 2.05) is 53.6 Å². The first-order chi connectivity index (χ1) is 12.7. The number of benzene rings is 2. The highest BCUT2D eigenvalue weighted by atomic mass is 35.5. The van der Waals surface area contributed by atoms with Crippen molar-refractivity contribution in [2.24, 2.45) is 0 Å². The van der Waals surface area contributed by atoms with E-state index in [1.54, 1.807) is 7.11 Å². The normalized spacial score (nSPS) is 14.4. The van der Waals surface area contributed by atoms with Gasteiger partial charge in [0.2, 0.25) is 0 Å². The van der Waals surface area contributed by atoms with Gasteiger partial charge >= 0.3 is 0 Å². The molecule has 0 saturated carbocycles. The smallest absolute Gasteiger partial charge is 0.254 e. The summed E-state index contributed by atoms with van der Waals surface area (Å²) in [6.07, 6.45) is 4.98. The van der Waals surface area contributed by atoms with Gasteiger partial charge in [-0.15, -0.1) is 0 Å². The SMILES string of the molecule is COc1ccc(C(=O)N2CC=C(c3c[nH]c4ccc(Cl)cc34)CC2)cc1. The van der Waals surface area contributed by atoms with Gasteiger partial charge in [-0.2, -0.15) is 0 Å². The lowest BCUT2D eigenvalue weighted by atomic mass is 9.98. The molecule has 26 heavy (non-hydrogen) atoms. The lowest BCUT2D eigenvalue weighted by Crippen LogP contribution is -2.34. The summed E-state index contributed by atoms with van der Waals surface area (Å²) in [5, 5.41) is 1.85. The Kier molecular flexibility index (Phi) is 4.43. The van der Waals surface area contributed by atoms with Crippen LogP contribution in [0.4, 0.5) is 0 Å². The molecule has 2 aromatic carbocycles. The third-order valence-corrected chi connectivity index (χ3v) is 5.06. The molecule has 0 fully saturated rings. The fourth-order valence-corrected chi connectivity index (χ4v) is 3.55. The van der Waals surface area contributed by atoms with Crippen molar-refractivity contribution in [3.8, 4) is 5.75 Å². The molecule has 1 amide bonds.